The van der Waals surface area contributed by atoms with Crippen molar-refractivity contribution < 1.29 is 14.0 Å². The monoisotopic (exact) mass is 504 g/mol. The van der Waals surface area contributed by atoms with Crippen LogP contribution < -0.4 is 10.2 Å². The van der Waals surface area contributed by atoms with E-state index in [1.807, 2.05) is 54.6 Å². The van der Waals surface area contributed by atoms with Gasteiger partial charge in [0.15, 0.2) is 0 Å². The van der Waals surface area contributed by atoms with Gasteiger partial charge in [-0.2, -0.15) is 0 Å². The van der Waals surface area contributed by atoms with Crippen molar-refractivity contribution in [3.63, 3.8) is 0 Å². The summed E-state index contributed by atoms with van der Waals surface area (Å²) in [5.41, 5.74) is 4.91. The number of ketones is 1. The number of nitrogens with zero attached hydrogens (tertiary/aromatic N) is 1. The first kappa shape index (κ1) is 21.6. The topological polar surface area (TPSA) is 49.4 Å². The van der Waals surface area contributed by atoms with Crippen LogP contribution in [0.3, 0.4) is 0 Å². The first-order valence-electron chi connectivity index (χ1n) is 10.9. The summed E-state index contributed by atoms with van der Waals surface area (Å²) in [4.78, 5) is 28.0. The number of rotatable bonds is 6. The van der Waals surface area contributed by atoms with E-state index in [4.69, 9.17) is 0 Å². The van der Waals surface area contributed by atoms with Gasteiger partial charge in [-0.3, -0.25) is 9.59 Å². The second-order valence-corrected chi connectivity index (χ2v) is 8.88. The van der Waals surface area contributed by atoms with E-state index in [1.165, 1.54) is 12.1 Å². The molecule has 1 fully saturated rings. The highest BCUT2D eigenvalue weighted by molar-refractivity contribution is 9.09. The van der Waals surface area contributed by atoms with Crippen LogP contribution in [0.1, 0.15) is 29.2 Å². The summed E-state index contributed by atoms with van der Waals surface area (Å²) < 4.78 is 13.9. The number of para-hydroxylation sites is 1. The second-order valence-electron chi connectivity index (χ2n) is 8.32. The van der Waals surface area contributed by atoms with Crippen molar-refractivity contribution in [3.8, 4) is 0 Å². The lowest BCUT2D eigenvalue weighted by Gasteiger charge is -2.34. The number of benzene rings is 3. The zero-order valence-electron chi connectivity index (χ0n) is 17.8. The van der Waals surface area contributed by atoms with Crippen molar-refractivity contribution in [1.82, 2.24) is 5.32 Å². The summed E-state index contributed by atoms with van der Waals surface area (Å²) in [7, 11) is 0. The molecular weight excluding hydrogens is 483 g/mol. The molecule has 0 aromatic heterocycles. The number of halogens is 2. The van der Waals surface area contributed by atoms with Crippen LogP contribution in [0.2, 0.25) is 0 Å². The van der Waals surface area contributed by atoms with Gasteiger partial charge in [0, 0.05) is 35.6 Å². The van der Waals surface area contributed by atoms with Crippen LogP contribution in [0.15, 0.2) is 84.6 Å². The number of hydrogen-bond acceptors (Lipinski definition) is 3. The SMILES string of the molecule is O=C(N[C@H](c1cccc(F)c1)C1CC1=O)C1=C(CBr)N(c2ccccc2)Cc2ccccc21. The molecule has 3 aromatic rings. The molecule has 1 amide bonds. The molecule has 1 heterocycles. The summed E-state index contributed by atoms with van der Waals surface area (Å²) >= 11 is 3.60. The molecule has 1 aliphatic heterocycles. The molecule has 166 valence electrons. The summed E-state index contributed by atoms with van der Waals surface area (Å²) in [6, 6.07) is 23.4. The first-order valence-corrected chi connectivity index (χ1v) is 12.0. The third-order valence-electron chi connectivity index (χ3n) is 6.22. The van der Waals surface area contributed by atoms with Gasteiger partial charge in [0.1, 0.15) is 11.6 Å². The summed E-state index contributed by atoms with van der Waals surface area (Å²) in [6.07, 6.45) is 0.387. The fourth-order valence-corrected chi connectivity index (χ4v) is 5.08. The van der Waals surface area contributed by atoms with E-state index >= 15 is 0 Å². The van der Waals surface area contributed by atoms with Gasteiger partial charge >= 0.3 is 0 Å². The van der Waals surface area contributed by atoms with E-state index in [-0.39, 0.29) is 17.6 Å². The maximum Gasteiger partial charge on any atom is 0.254 e. The lowest BCUT2D eigenvalue weighted by molar-refractivity contribution is -0.116. The number of carbonyl (C=O) groups excluding carboxylic acids is 2. The Morgan fingerprint density at radius 1 is 1.06 bits per heavy atom. The number of alkyl halides is 1. The number of carbonyl (C=O) groups is 2. The average Bonchev–Trinajstić information content (AvgIpc) is 3.57. The second kappa shape index (κ2) is 8.94. The van der Waals surface area contributed by atoms with Gasteiger partial charge in [0.05, 0.1) is 11.6 Å². The van der Waals surface area contributed by atoms with E-state index in [2.05, 4.69) is 26.1 Å². The zero-order valence-corrected chi connectivity index (χ0v) is 19.4. The predicted molar refractivity (Wildman–Crippen MR) is 130 cm³/mol. The number of fused-ring (bicyclic) bond motifs is 1. The van der Waals surface area contributed by atoms with E-state index in [0.717, 1.165) is 22.5 Å². The van der Waals surface area contributed by atoms with E-state index in [1.54, 1.807) is 12.1 Å². The molecular formula is C27H22BrFN2O2. The number of hydrogen-bond donors (Lipinski definition) is 1. The Labute approximate surface area is 200 Å². The highest BCUT2D eigenvalue weighted by atomic mass is 79.9. The smallest absolute Gasteiger partial charge is 0.254 e. The molecule has 2 atom stereocenters. The van der Waals surface area contributed by atoms with Crippen LogP contribution >= 0.6 is 15.9 Å². The number of nitrogens with one attached hydrogen (secondary N) is 1. The lowest BCUT2D eigenvalue weighted by Crippen LogP contribution is -2.36. The molecule has 1 unspecified atom stereocenters. The Hall–Kier alpha value is -3.25. The number of Topliss-reactive ketones (excluding diaryl/α,β-unsaturated/α-hetero) is 1. The first-order chi connectivity index (χ1) is 16.1. The molecule has 1 saturated carbocycles. The van der Waals surface area contributed by atoms with Crippen molar-refractivity contribution in [2.24, 2.45) is 5.92 Å². The maximum absolute atomic E-state index is 13.9. The minimum absolute atomic E-state index is 0.0780. The highest BCUT2D eigenvalue weighted by Crippen LogP contribution is 2.40. The molecule has 0 radical (unpaired) electrons. The maximum atomic E-state index is 13.9. The molecule has 5 rings (SSSR count). The van der Waals surface area contributed by atoms with Crippen molar-refractivity contribution in [2.75, 3.05) is 10.2 Å². The van der Waals surface area contributed by atoms with Crippen molar-refractivity contribution in [1.29, 1.82) is 0 Å². The van der Waals surface area contributed by atoms with Crippen molar-refractivity contribution >= 4 is 38.9 Å². The molecule has 6 heteroatoms. The molecule has 0 bridgehead atoms. The Morgan fingerprint density at radius 2 is 1.79 bits per heavy atom. The van der Waals surface area contributed by atoms with Gasteiger partial charge in [-0.05, 0) is 41.0 Å². The Bertz CT molecular complexity index is 1260. The third kappa shape index (κ3) is 4.23. The van der Waals surface area contributed by atoms with Gasteiger partial charge in [0.2, 0.25) is 0 Å². The molecule has 3 aromatic carbocycles. The normalized spacial score (nSPS) is 18.1. The van der Waals surface area contributed by atoms with Crippen LogP contribution in [0, 0.1) is 11.7 Å². The number of anilines is 1. The minimum atomic E-state index is -0.566. The molecule has 33 heavy (non-hydrogen) atoms. The molecule has 1 N–H and O–H groups in total. The van der Waals surface area contributed by atoms with Crippen LogP contribution in [-0.2, 0) is 16.1 Å². The predicted octanol–water partition coefficient (Wildman–Crippen LogP) is 5.40. The standard InChI is InChI=1S/C27H22BrFN2O2/c28-15-23-25(21-12-5-4-7-18(21)16-31(23)20-10-2-1-3-11-20)27(33)30-26(22-14-24(22)32)17-8-6-9-19(29)13-17/h1-13,22,26H,14-16H2,(H,30,33)/t22?,26-/m1/s1. The molecule has 0 saturated heterocycles. The van der Waals surface area contributed by atoms with E-state index in [0.29, 0.717) is 29.4 Å². The molecule has 4 nitrogen and oxygen atoms in total. The Balaban J connectivity index is 1.57. The number of amides is 1. The van der Waals surface area contributed by atoms with Crippen LogP contribution in [0.4, 0.5) is 10.1 Å². The molecule has 2 aliphatic rings. The Kier molecular flexibility index (Phi) is 5.85. The number of allylic oxidation sites excluding steroid dienone is 1. The minimum Gasteiger partial charge on any atom is -0.344 e. The van der Waals surface area contributed by atoms with Crippen molar-refractivity contribution in [2.45, 2.75) is 19.0 Å². The van der Waals surface area contributed by atoms with Crippen LogP contribution in [0.5, 0.6) is 0 Å². The van der Waals surface area contributed by atoms with Crippen LogP contribution in [0.25, 0.3) is 5.57 Å². The quantitative estimate of drug-likeness (QED) is 0.457. The fraction of sp³-hybridized carbons (Fsp3) is 0.185. The molecule has 0 spiro atoms. The van der Waals surface area contributed by atoms with Gasteiger partial charge in [-0.15, -0.1) is 0 Å². The largest absolute Gasteiger partial charge is 0.344 e. The van der Waals surface area contributed by atoms with E-state index in [9.17, 15) is 14.0 Å². The van der Waals surface area contributed by atoms with Gasteiger partial charge in [-0.25, -0.2) is 4.39 Å². The van der Waals surface area contributed by atoms with Gasteiger partial charge in [-0.1, -0.05) is 70.5 Å². The summed E-state index contributed by atoms with van der Waals surface area (Å²) in [6.45, 7) is 0.645. The average molecular weight is 505 g/mol. The third-order valence-corrected chi connectivity index (χ3v) is 6.75. The fourth-order valence-electron chi connectivity index (χ4n) is 4.50. The van der Waals surface area contributed by atoms with Gasteiger partial charge in [0.25, 0.3) is 5.91 Å². The van der Waals surface area contributed by atoms with E-state index < -0.39 is 11.9 Å². The Morgan fingerprint density at radius 3 is 2.48 bits per heavy atom. The van der Waals surface area contributed by atoms with Crippen LogP contribution in [-0.4, -0.2) is 17.0 Å². The highest BCUT2D eigenvalue weighted by Gasteiger charge is 2.44. The van der Waals surface area contributed by atoms with Crippen molar-refractivity contribution in [3.05, 3.63) is 107 Å². The lowest BCUT2D eigenvalue weighted by atomic mass is 9.92. The molecule has 1 aliphatic carbocycles. The van der Waals surface area contributed by atoms with Gasteiger partial charge < -0.3 is 10.2 Å². The summed E-state index contributed by atoms with van der Waals surface area (Å²) in [5, 5.41) is 3.55. The summed E-state index contributed by atoms with van der Waals surface area (Å²) in [5.74, 6) is -0.910. The zero-order chi connectivity index (χ0) is 22.9.